The van der Waals surface area contributed by atoms with E-state index < -0.39 is 0 Å². The lowest BCUT2D eigenvalue weighted by atomic mass is 10.0. The Kier molecular flexibility index (Phi) is 1.61. The molecule has 0 saturated carbocycles. The topological polar surface area (TPSA) is 85.1 Å². The van der Waals surface area contributed by atoms with Gasteiger partial charge in [-0.15, -0.1) is 0 Å². The van der Waals surface area contributed by atoms with Crippen LogP contribution in [0.2, 0.25) is 0 Å². The normalized spacial score (nSPS) is 18.9. The zero-order valence-electron chi connectivity index (χ0n) is 6.95. The molecular weight excluding hydrogens is 166 g/mol. The van der Waals surface area contributed by atoms with Crippen molar-refractivity contribution in [2.75, 3.05) is 12.3 Å². The number of benzene rings is 1. The zero-order chi connectivity index (χ0) is 9.42. The van der Waals surface area contributed by atoms with E-state index >= 15 is 0 Å². The van der Waals surface area contributed by atoms with Crippen molar-refractivity contribution < 1.29 is 4.74 Å². The third-order valence-corrected chi connectivity index (χ3v) is 2.14. The van der Waals surface area contributed by atoms with Gasteiger partial charge in [0.15, 0.2) is 0 Å². The molecule has 1 atom stereocenters. The van der Waals surface area contributed by atoms with E-state index in [-0.39, 0.29) is 6.04 Å². The van der Waals surface area contributed by atoms with Gasteiger partial charge in [0.25, 0.3) is 0 Å². The zero-order valence-corrected chi connectivity index (χ0v) is 6.95. The third kappa shape index (κ3) is 1.02. The molecule has 1 aliphatic rings. The standard InChI is InChI=1S/C9H9N3O/c10-3-6-7(11)2-1-5-8(12)4-13-9(5)6/h1-2,8H,4,11-12H2. The molecule has 1 aliphatic heterocycles. The van der Waals surface area contributed by atoms with E-state index in [1.54, 1.807) is 6.07 Å². The molecule has 1 aromatic carbocycles. The number of rotatable bonds is 0. The monoisotopic (exact) mass is 175 g/mol. The van der Waals surface area contributed by atoms with Gasteiger partial charge >= 0.3 is 0 Å². The fourth-order valence-electron chi connectivity index (χ4n) is 1.44. The van der Waals surface area contributed by atoms with Gasteiger partial charge in [-0.3, -0.25) is 0 Å². The molecule has 0 spiro atoms. The van der Waals surface area contributed by atoms with Gasteiger partial charge in [0, 0.05) is 5.56 Å². The number of nitrogens with zero attached hydrogens (tertiary/aromatic N) is 1. The van der Waals surface area contributed by atoms with Crippen molar-refractivity contribution in [2.24, 2.45) is 5.73 Å². The minimum atomic E-state index is -0.136. The highest BCUT2D eigenvalue weighted by Gasteiger charge is 2.24. The Labute approximate surface area is 75.7 Å². The summed E-state index contributed by atoms with van der Waals surface area (Å²) in [6.45, 7) is 0.424. The summed E-state index contributed by atoms with van der Waals surface area (Å²) < 4.78 is 5.29. The van der Waals surface area contributed by atoms with Crippen LogP contribution in [0.5, 0.6) is 5.75 Å². The Bertz CT molecular complexity index is 395. The molecule has 13 heavy (non-hydrogen) atoms. The second-order valence-corrected chi connectivity index (χ2v) is 2.98. The fourth-order valence-corrected chi connectivity index (χ4v) is 1.44. The summed E-state index contributed by atoms with van der Waals surface area (Å²) in [5.74, 6) is 0.551. The maximum absolute atomic E-state index is 8.82. The first-order chi connectivity index (χ1) is 6.24. The van der Waals surface area contributed by atoms with Crippen LogP contribution in [0, 0.1) is 11.3 Å². The number of nitrogens with two attached hydrogens (primary N) is 2. The molecule has 1 aromatic rings. The van der Waals surface area contributed by atoms with Crippen molar-refractivity contribution in [3.63, 3.8) is 0 Å². The van der Waals surface area contributed by atoms with Crippen LogP contribution < -0.4 is 16.2 Å². The summed E-state index contributed by atoms with van der Waals surface area (Å²) in [7, 11) is 0. The van der Waals surface area contributed by atoms with Crippen LogP contribution in [-0.2, 0) is 0 Å². The molecule has 66 valence electrons. The highest BCUT2D eigenvalue weighted by Crippen LogP contribution is 2.36. The minimum absolute atomic E-state index is 0.136. The number of nitrogen functional groups attached to an aromatic ring is 1. The quantitative estimate of drug-likeness (QED) is 0.563. The van der Waals surface area contributed by atoms with Crippen LogP contribution in [0.4, 0.5) is 5.69 Å². The van der Waals surface area contributed by atoms with Crippen molar-refractivity contribution in [3.05, 3.63) is 23.3 Å². The van der Waals surface area contributed by atoms with Crippen molar-refractivity contribution >= 4 is 5.69 Å². The third-order valence-electron chi connectivity index (χ3n) is 2.14. The molecule has 4 nitrogen and oxygen atoms in total. The largest absolute Gasteiger partial charge is 0.490 e. The van der Waals surface area contributed by atoms with E-state index in [2.05, 4.69) is 0 Å². The SMILES string of the molecule is N#Cc1c(N)ccc2c1OCC2N. The van der Waals surface area contributed by atoms with E-state index in [0.717, 1.165) is 5.56 Å². The van der Waals surface area contributed by atoms with Crippen molar-refractivity contribution in [1.29, 1.82) is 5.26 Å². The van der Waals surface area contributed by atoms with E-state index in [4.69, 9.17) is 21.5 Å². The summed E-state index contributed by atoms with van der Waals surface area (Å²) in [4.78, 5) is 0. The average molecular weight is 175 g/mol. The number of ether oxygens (including phenoxy) is 1. The maximum atomic E-state index is 8.82. The van der Waals surface area contributed by atoms with Crippen molar-refractivity contribution in [1.82, 2.24) is 0 Å². The van der Waals surface area contributed by atoms with Gasteiger partial charge in [0.05, 0.1) is 11.7 Å². The smallest absolute Gasteiger partial charge is 0.144 e. The molecule has 0 aromatic heterocycles. The van der Waals surface area contributed by atoms with E-state index in [1.807, 2.05) is 12.1 Å². The molecule has 0 bridgehead atoms. The lowest BCUT2D eigenvalue weighted by Gasteiger charge is -2.03. The Morgan fingerprint density at radius 2 is 2.31 bits per heavy atom. The lowest BCUT2D eigenvalue weighted by Crippen LogP contribution is -2.10. The highest BCUT2D eigenvalue weighted by atomic mass is 16.5. The summed E-state index contributed by atoms with van der Waals surface area (Å²) in [5, 5.41) is 8.82. The number of hydrogen-bond donors (Lipinski definition) is 2. The van der Waals surface area contributed by atoms with Gasteiger partial charge in [0.1, 0.15) is 24.0 Å². The fraction of sp³-hybridized carbons (Fsp3) is 0.222. The molecule has 4 heteroatoms. The molecule has 0 fully saturated rings. The molecular formula is C9H9N3O. The number of hydrogen-bond acceptors (Lipinski definition) is 4. The van der Waals surface area contributed by atoms with Gasteiger partial charge in [-0.2, -0.15) is 5.26 Å². The first-order valence-electron chi connectivity index (χ1n) is 3.95. The molecule has 0 amide bonds. The summed E-state index contributed by atoms with van der Waals surface area (Å²) in [6.07, 6.45) is 0. The first-order valence-corrected chi connectivity index (χ1v) is 3.95. The first kappa shape index (κ1) is 7.90. The van der Waals surface area contributed by atoms with Gasteiger partial charge in [-0.25, -0.2) is 0 Å². The van der Waals surface area contributed by atoms with Crippen LogP contribution in [0.15, 0.2) is 12.1 Å². The van der Waals surface area contributed by atoms with E-state index in [0.29, 0.717) is 23.6 Å². The summed E-state index contributed by atoms with van der Waals surface area (Å²) in [5.41, 5.74) is 13.1. The predicted molar refractivity (Wildman–Crippen MR) is 48.0 cm³/mol. The van der Waals surface area contributed by atoms with E-state index in [1.165, 1.54) is 0 Å². The summed E-state index contributed by atoms with van der Waals surface area (Å²) in [6, 6.07) is 5.37. The van der Waals surface area contributed by atoms with Gasteiger partial charge in [0.2, 0.25) is 0 Å². The molecule has 0 aliphatic carbocycles. The Balaban J connectivity index is 2.66. The summed E-state index contributed by atoms with van der Waals surface area (Å²) >= 11 is 0. The number of fused-ring (bicyclic) bond motifs is 1. The average Bonchev–Trinajstić information content (AvgIpc) is 2.48. The van der Waals surface area contributed by atoms with Crippen LogP contribution in [0.25, 0.3) is 0 Å². The van der Waals surface area contributed by atoms with Gasteiger partial charge in [-0.1, -0.05) is 6.07 Å². The van der Waals surface area contributed by atoms with Crippen molar-refractivity contribution in [3.8, 4) is 11.8 Å². The van der Waals surface area contributed by atoms with E-state index in [9.17, 15) is 0 Å². The lowest BCUT2D eigenvalue weighted by molar-refractivity contribution is 0.332. The molecule has 4 N–H and O–H groups in total. The maximum Gasteiger partial charge on any atom is 0.144 e. The van der Waals surface area contributed by atoms with Crippen LogP contribution >= 0.6 is 0 Å². The minimum Gasteiger partial charge on any atom is -0.490 e. The number of nitriles is 1. The van der Waals surface area contributed by atoms with Crippen LogP contribution in [0.1, 0.15) is 17.2 Å². The molecule has 0 radical (unpaired) electrons. The molecule has 1 heterocycles. The Morgan fingerprint density at radius 3 is 3.00 bits per heavy atom. The van der Waals surface area contributed by atoms with Crippen molar-refractivity contribution in [2.45, 2.75) is 6.04 Å². The molecule has 1 unspecified atom stereocenters. The molecule has 2 rings (SSSR count). The van der Waals surface area contributed by atoms with Crippen LogP contribution in [-0.4, -0.2) is 6.61 Å². The Hall–Kier alpha value is -1.73. The molecule has 0 saturated heterocycles. The number of anilines is 1. The van der Waals surface area contributed by atoms with Gasteiger partial charge in [-0.05, 0) is 6.07 Å². The second-order valence-electron chi connectivity index (χ2n) is 2.98. The van der Waals surface area contributed by atoms with Crippen LogP contribution in [0.3, 0.4) is 0 Å². The predicted octanol–water partition coefficient (Wildman–Crippen LogP) is 0.533. The Morgan fingerprint density at radius 1 is 1.54 bits per heavy atom. The van der Waals surface area contributed by atoms with Gasteiger partial charge < -0.3 is 16.2 Å². The second kappa shape index (κ2) is 2.64. The highest BCUT2D eigenvalue weighted by molar-refractivity contribution is 5.65.